The van der Waals surface area contributed by atoms with Crippen LogP contribution in [0.25, 0.3) is 22.5 Å². The molecule has 0 bridgehead atoms. The summed E-state index contributed by atoms with van der Waals surface area (Å²) < 4.78 is 40.0. The van der Waals surface area contributed by atoms with Crippen LogP contribution < -0.4 is 10.0 Å². The van der Waals surface area contributed by atoms with E-state index in [4.69, 9.17) is 14.5 Å². The van der Waals surface area contributed by atoms with Crippen LogP contribution in [-0.2, 0) is 19.5 Å². The van der Waals surface area contributed by atoms with Gasteiger partial charge in [-0.1, -0.05) is 37.3 Å². The second-order valence-electron chi connectivity index (χ2n) is 8.72. The highest BCUT2D eigenvalue weighted by Crippen LogP contribution is 2.35. The molecule has 5 rings (SSSR count). The van der Waals surface area contributed by atoms with Crippen molar-refractivity contribution < 1.29 is 17.9 Å². The number of H-pyrrole nitrogens is 1. The molecule has 1 aliphatic heterocycles. The fraction of sp³-hybridized carbons (Fsp3) is 0.250. The van der Waals surface area contributed by atoms with Crippen molar-refractivity contribution in [2.24, 2.45) is 5.41 Å². The largest absolute Gasteiger partial charge is 0.345 e. The Morgan fingerprint density at radius 2 is 1.83 bits per heavy atom. The van der Waals surface area contributed by atoms with Crippen molar-refractivity contribution in [1.82, 2.24) is 19.7 Å². The molecule has 0 amide bonds. The molecule has 1 aliphatic rings. The average Bonchev–Trinajstić information content (AvgIpc) is 3.56. The van der Waals surface area contributed by atoms with Crippen LogP contribution in [0.4, 0.5) is 0 Å². The van der Waals surface area contributed by atoms with Crippen LogP contribution in [0.3, 0.4) is 0 Å². The van der Waals surface area contributed by atoms with Gasteiger partial charge >= 0.3 is 0 Å². The van der Waals surface area contributed by atoms with E-state index in [-0.39, 0.29) is 10.8 Å². The van der Waals surface area contributed by atoms with Crippen molar-refractivity contribution in [3.63, 3.8) is 0 Å². The lowest BCUT2D eigenvalue weighted by Crippen LogP contribution is -2.45. The third-order valence-corrected chi connectivity index (χ3v) is 8.90. The lowest BCUT2D eigenvalue weighted by molar-refractivity contribution is -0.231. The van der Waals surface area contributed by atoms with Crippen LogP contribution in [0.5, 0.6) is 0 Å². The number of aromatic nitrogens is 3. The molecule has 4 heterocycles. The van der Waals surface area contributed by atoms with Crippen molar-refractivity contribution in [3.05, 3.63) is 72.1 Å². The van der Waals surface area contributed by atoms with Gasteiger partial charge in [-0.25, -0.2) is 18.1 Å². The van der Waals surface area contributed by atoms with Gasteiger partial charge in [-0.2, -0.15) is 0 Å². The molecule has 8 nitrogen and oxygen atoms in total. The minimum atomic E-state index is -3.55. The first-order valence-electron chi connectivity index (χ1n) is 11.0. The quantitative estimate of drug-likeness (QED) is 0.354. The average molecular weight is 529 g/mol. The minimum absolute atomic E-state index is 0.201. The first kappa shape index (κ1) is 24.2. The predicted octanol–water partition coefficient (Wildman–Crippen LogP) is 3.73. The van der Waals surface area contributed by atoms with E-state index in [1.54, 1.807) is 29.9 Å². The molecule has 1 atom stereocenters. The maximum atomic E-state index is 12.5. The Bertz CT molecular complexity index is 1380. The standard InChI is InChI=1S/C24H25N4O4PS2/c1-24(13-26-35(29,30)19-3-2-12-34-19)14-31-23(32-15-24)22-27-20(16-4-6-18(33)7-5-16)21(28-22)17-8-10-25-11-9-17/h2-12,23,26H,13-15,33H2,1H3,(H,27,28). The molecule has 4 aromatic rings. The van der Waals surface area contributed by atoms with Crippen LogP contribution in [0.15, 0.2) is 70.5 Å². The van der Waals surface area contributed by atoms with Crippen molar-refractivity contribution in [1.29, 1.82) is 0 Å². The second-order valence-corrected chi connectivity index (χ2v) is 12.3. The lowest BCUT2D eigenvalue weighted by Gasteiger charge is -2.36. The summed E-state index contributed by atoms with van der Waals surface area (Å²) in [5.41, 5.74) is 3.05. The summed E-state index contributed by atoms with van der Waals surface area (Å²) in [7, 11) is -0.872. The monoisotopic (exact) mass is 528 g/mol. The molecule has 1 saturated heterocycles. The molecular formula is C24H25N4O4PS2. The molecule has 0 spiro atoms. The van der Waals surface area contributed by atoms with Gasteiger partial charge in [0.25, 0.3) is 0 Å². The summed E-state index contributed by atoms with van der Waals surface area (Å²) in [5.74, 6) is 0.558. The fourth-order valence-electron chi connectivity index (χ4n) is 3.74. The van der Waals surface area contributed by atoms with Gasteiger partial charge in [0.2, 0.25) is 16.3 Å². The summed E-state index contributed by atoms with van der Waals surface area (Å²) in [6.45, 7) is 2.76. The van der Waals surface area contributed by atoms with E-state index >= 15 is 0 Å². The number of hydrogen-bond donors (Lipinski definition) is 2. The molecule has 182 valence electrons. The number of imidazole rings is 1. The molecule has 35 heavy (non-hydrogen) atoms. The highest BCUT2D eigenvalue weighted by Gasteiger charge is 2.36. The lowest BCUT2D eigenvalue weighted by atomic mass is 9.92. The highest BCUT2D eigenvalue weighted by molar-refractivity contribution is 7.91. The third kappa shape index (κ3) is 5.38. The van der Waals surface area contributed by atoms with Crippen molar-refractivity contribution >= 4 is 35.9 Å². The third-order valence-electron chi connectivity index (χ3n) is 5.71. The number of ether oxygens (including phenoxy) is 2. The van der Waals surface area contributed by atoms with E-state index in [9.17, 15) is 8.42 Å². The molecular weight excluding hydrogens is 503 g/mol. The van der Waals surface area contributed by atoms with Gasteiger partial charge in [0.1, 0.15) is 4.21 Å². The number of thiophene rings is 1. The van der Waals surface area contributed by atoms with Crippen LogP contribution in [-0.4, -0.2) is 43.1 Å². The molecule has 11 heteroatoms. The molecule has 0 aliphatic carbocycles. The first-order valence-corrected chi connectivity index (χ1v) is 13.9. The van der Waals surface area contributed by atoms with Gasteiger partial charge in [0.05, 0.1) is 24.6 Å². The van der Waals surface area contributed by atoms with E-state index in [2.05, 4.69) is 23.9 Å². The van der Waals surface area contributed by atoms with E-state index in [0.29, 0.717) is 19.0 Å². The van der Waals surface area contributed by atoms with Crippen LogP contribution >= 0.6 is 20.6 Å². The Balaban J connectivity index is 1.33. The Labute approximate surface area is 210 Å². The van der Waals surface area contributed by atoms with Gasteiger partial charge in [-0.05, 0) is 28.9 Å². The number of nitrogens with one attached hydrogen (secondary N) is 2. The van der Waals surface area contributed by atoms with E-state index in [0.717, 1.165) is 27.8 Å². The van der Waals surface area contributed by atoms with Gasteiger partial charge < -0.3 is 14.5 Å². The summed E-state index contributed by atoms with van der Waals surface area (Å²) in [5, 5.41) is 2.82. The Morgan fingerprint density at radius 1 is 1.11 bits per heavy atom. The zero-order valence-electron chi connectivity index (χ0n) is 19.0. The second kappa shape index (κ2) is 9.89. The Morgan fingerprint density at radius 3 is 2.49 bits per heavy atom. The van der Waals surface area contributed by atoms with Crippen molar-refractivity contribution in [2.45, 2.75) is 17.4 Å². The summed E-state index contributed by atoms with van der Waals surface area (Å²) in [6.07, 6.45) is 2.79. The molecule has 0 saturated carbocycles. The number of benzene rings is 1. The zero-order valence-corrected chi connectivity index (χ0v) is 21.8. The van der Waals surface area contributed by atoms with Gasteiger partial charge in [0.15, 0.2) is 5.82 Å². The Kier molecular flexibility index (Phi) is 6.85. The fourth-order valence-corrected chi connectivity index (χ4v) is 6.17. The maximum absolute atomic E-state index is 12.5. The van der Waals surface area contributed by atoms with Gasteiger partial charge in [0, 0.05) is 35.5 Å². The first-order chi connectivity index (χ1) is 16.8. The van der Waals surface area contributed by atoms with Crippen molar-refractivity contribution in [2.75, 3.05) is 19.8 Å². The number of sulfonamides is 1. The van der Waals surface area contributed by atoms with Crippen LogP contribution in [0, 0.1) is 5.41 Å². The number of hydrogen-bond acceptors (Lipinski definition) is 7. The SMILES string of the molecule is CC1(CNS(=O)(=O)c2cccs2)COC(c2nc(-c3ccc(P)cc3)c(-c3ccncc3)[nH]2)OC1. The number of rotatable bonds is 7. The van der Waals surface area contributed by atoms with Crippen LogP contribution in [0.2, 0.25) is 0 Å². The molecule has 2 N–H and O–H groups in total. The molecule has 1 fully saturated rings. The van der Waals surface area contributed by atoms with Gasteiger partial charge in [-0.3, -0.25) is 4.98 Å². The van der Waals surface area contributed by atoms with Gasteiger partial charge in [-0.15, -0.1) is 20.6 Å². The summed E-state index contributed by atoms with van der Waals surface area (Å²) in [6, 6.07) is 15.2. The summed E-state index contributed by atoms with van der Waals surface area (Å²) in [4.78, 5) is 12.3. The maximum Gasteiger partial charge on any atom is 0.250 e. The number of pyridine rings is 1. The van der Waals surface area contributed by atoms with Crippen LogP contribution in [0.1, 0.15) is 19.0 Å². The summed E-state index contributed by atoms with van der Waals surface area (Å²) >= 11 is 1.18. The Hall–Kier alpha value is -2.46. The molecule has 1 unspecified atom stereocenters. The predicted molar refractivity (Wildman–Crippen MR) is 139 cm³/mol. The minimum Gasteiger partial charge on any atom is -0.345 e. The molecule has 3 aromatic heterocycles. The molecule has 0 radical (unpaired) electrons. The van der Waals surface area contributed by atoms with E-state index in [1.165, 1.54) is 11.3 Å². The zero-order chi connectivity index (χ0) is 24.5. The molecule has 1 aromatic carbocycles. The van der Waals surface area contributed by atoms with E-state index in [1.807, 2.05) is 43.3 Å². The smallest absolute Gasteiger partial charge is 0.250 e. The van der Waals surface area contributed by atoms with Crippen molar-refractivity contribution in [3.8, 4) is 22.5 Å². The highest BCUT2D eigenvalue weighted by atomic mass is 32.2. The van der Waals surface area contributed by atoms with E-state index < -0.39 is 21.7 Å². The topological polar surface area (TPSA) is 106 Å². The number of nitrogens with zero attached hydrogens (tertiary/aromatic N) is 2. The number of aromatic amines is 1. The normalized spacial score (nSPS) is 20.7.